The van der Waals surface area contributed by atoms with Crippen LogP contribution in [0, 0.1) is 11.3 Å². The first-order valence-corrected chi connectivity index (χ1v) is 13.4. The zero-order valence-electron chi connectivity index (χ0n) is 20.9. The van der Waals surface area contributed by atoms with Gasteiger partial charge in [-0.05, 0) is 63.3 Å². The molecule has 3 N–H and O–H groups in total. The second-order valence-electron chi connectivity index (χ2n) is 9.75. The minimum Gasteiger partial charge on any atom is -0.398 e. The molecule has 2 aliphatic rings. The molecular formula is C28H34Cl2N4O2. The SMILES string of the molecule is CCCC1CC(OCC(C(=O)C2CC2)=C(N)c2c(Cl)cccc2Cl)CCN1c1ccc(C(C)=N)cn1. The minimum absolute atomic E-state index is 0.0109. The quantitative estimate of drug-likeness (QED) is 0.279. The Morgan fingerprint density at radius 3 is 2.50 bits per heavy atom. The third kappa shape index (κ3) is 6.10. The molecule has 0 radical (unpaired) electrons. The molecule has 0 spiro atoms. The van der Waals surface area contributed by atoms with Crippen LogP contribution in [0.2, 0.25) is 10.0 Å². The number of nitrogens with zero attached hydrogens (tertiary/aromatic N) is 2. The Balaban J connectivity index is 1.50. The van der Waals surface area contributed by atoms with Gasteiger partial charge in [0.25, 0.3) is 0 Å². The van der Waals surface area contributed by atoms with Gasteiger partial charge in [0.2, 0.25) is 0 Å². The number of piperidine rings is 1. The van der Waals surface area contributed by atoms with Gasteiger partial charge in [-0.2, -0.15) is 0 Å². The summed E-state index contributed by atoms with van der Waals surface area (Å²) < 4.78 is 6.36. The van der Waals surface area contributed by atoms with Crippen molar-refractivity contribution in [3.8, 4) is 0 Å². The van der Waals surface area contributed by atoms with Gasteiger partial charge in [0.1, 0.15) is 5.82 Å². The largest absolute Gasteiger partial charge is 0.398 e. The fourth-order valence-corrected chi connectivity index (χ4v) is 5.43. The van der Waals surface area contributed by atoms with Crippen LogP contribution in [0.4, 0.5) is 5.82 Å². The van der Waals surface area contributed by atoms with E-state index in [1.54, 1.807) is 31.3 Å². The summed E-state index contributed by atoms with van der Waals surface area (Å²) in [5.41, 5.74) is 9.14. The van der Waals surface area contributed by atoms with E-state index < -0.39 is 0 Å². The highest BCUT2D eigenvalue weighted by atomic mass is 35.5. The number of nitrogens with one attached hydrogen (secondary N) is 1. The molecule has 1 aliphatic heterocycles. The highest BCUT2D eigenvalue weighted by Crippen LogP contribution is 2.37. The molecule has 6 nitrogen and oxygen atoms in total. The fourth-order valence-electron chi connectivity index (χ4n) is 4.83. The molecule has 2 unspecified atom stereocenters. The summed E-state index contributed by atoms with van der Waals surface area (Å²) in [4.78, 5) is 20.1. The average molecular weight is 530 g/mol. The Labute approximate surface area is 223 Å². The van der Waals surface area contributed by atoms with Crippen molar-refractivity contribution in [2.45, 2.75) is 64.5 Å². The maximum absolute atomic E-state index is 13.2. The zero-order valence-corrected chi connectivity index (χ0v) is 22.4. The van der Waals surface area contributed by atoms with Gasteiger partial charge in [-0.15, -0.1) is 0 Å². The number of hydrogen-bond acceptors (Lipinski definition) is 6. The molecule has 0 amide bonds. The van der Waals surface area contributed by atoms with E-state index in [1.807, 2.05) is 12.1 Å². The lowest BCUT2D eigenvalue weighted by molar-refractivity contribution is -0.117. The predicted octanol–water partition coefficient (Wildman–Crippen LogP) is 6.28. The highest BCUT2D eigenvalue weighted by Gasteiger charge is 2.35. The normalized spacial score (nSPS) is 20.7. The van der Waals surface area contributed by atoms with Crippen molar-refractivity contribution in [2.24, 2.45) is 11.7 Å². The van der Waals surface area contributed by atoms with Crippen LogP contribution in [0.15, 0.2) is 42.1 Å². The molecule has 2 aromatic rings. The topological polar surface area (TPSA) is 92.3 Å². The lowest BCUT2D eigenvalue weighted by Crippen LogP contribution is -2.45. The number of carbonyl (C=O) groups excluding carboxylic acids is 1. The number of pyridine rings is 1. The predicted molar refractivity (Wildman–Crippen MR) is 147 cm³/mol. The Morgan fingerprint density at radius 1 is 1.19 bits per heavy atom. The van der Waals surface area contributed by atoms with Gasteiger partial charge in [0.05, 0.1) is 28.5 Å². The number of carbonyl (C=O) groups is 1. The van der Waals surface area contributed by atoms with Crippen molar-refractivity contribution in [2.75, 3.05) is 18.1 Å². The first-order chi connectivity index (χ1) is 17.3. The Morgan fingerprint density at radius 2 is 1.92 bits per heavy atom. The van der Waals surface area contributed by atoms with Gasteiger partial charge in [-0.25, -0.2) is 4.98 Å². The highest BCUT2D eigenvalue weighted by molar-refractivity contribution is 6.37. The van der Waals surface area contributed by atoms with Crippen LogP contribution < -0.4 is 10.6 Å². The summed E-state index contributed by atoms with van der Waals surface area (Å²) in [6, 6.07) is 9.46. The van der Waals surface area contributed by atoms with E-state index in [2.05, 4.69) is 16.8 Å². The standard InChI is InChI=1S/C28H34Cl2N4O2/c1-3-5-20-14-21(12-13-34(20)25-11-10-19(15-33-25)17(2)31)36-16-22(28(35)18-8-9-18)27(32)26-23(29)6-4-7-24(26)30/h4,6-7,10-11,15,18,20-21,31H,3,5,8-9,12-14,16,32H2,1-2H3. The van der Waals surface area contributed by atoms with E-state index in [4.69, 9.17) is 39.1 Å². The van der Waals surface area contributed by atoms with Crippen LogP contribution in [0.25, 0.3) is 5.70 Å². The average Bonchev–Trinajstić information content (AvgIpc) is 3.70. The summed E-state index contributed by atoms with van der Waals surface area (Å²) in [7, 11) is 0. The van der Waals surface area contributed by atoms with E-state index in [-0.39, 0.29) is 30.5 Å². The van der Waals surface area contributed by atoms with Gasteiger partial charge in [0.15, 0.2) is 5.78 Å². The first kappa shape index (κ1) is 26.6. The fraction of sp³-hybridized carbons (Fsp3) is 0.464. The molecule has 2 fully saturated rings. The number of benzene rings is 1. The number of anilines is 1. The van der Waals surface area contributed by atoms with Gasteiger partial charge in [-0.3, -0.25) is 4.79 Å². The molecule has 1 aliphatic carbocycles. The molecular weight excluding hydrogens is 495 g/mol. The van der Waals surface area contributed by atoms with E-state index in [0.29, 0.717) is 32.6 Å². The molecule has 8 heteroatoms. The van der Waals surface area contributed by atoms with Crippen LogP contribution in [-0.2, 0) is 9.53 Å². The number of rotatable bonds is 10. The number of ketones is 1. The third-order valence-electron chi connectivity index (χ3n) is 7.03. The van der Waals surface area contributed by atoms with Gasteiger partial charge >= 0.3 is 0 Å². The van der Waals surface area contributed by atoms with Gasteiger partial charge in [-0.1, -0.05) is 42.6 Å². The molecule has 1 saturated heterocycles. The van der Waals surface area contributed by atoms with E-state index >= 15 is 0 Å². The zero-order chi connectivity index (χ0) is 25.8. The number of halogens is 2. The second kappa shape index (κ2) is 11.8. The third-order valence-corrected chi connectivity index (χ3v) is 7.66. The summed E-state index contributed by atoms with van der Waals surface area (Å²) in [5.74, 6) is 0.979. The summed E-state index contributed by atoms with van der Waals surface area (Å²) in [6.07, 6.45) is 7.29. The molecule has 2 atom stereocenters. The smallest absolute Gasteiger partial charge is 0.166 e. The second-order valence-corrected chi connectivity index (χ2v) is 10.6. The van der Waals surface area contributed by atoms with Crippen molar-refractivity contribution in [3.63, 3.8) is 0 Å². The summed E-state index contributed by atoms with van der Waals surface area (Å²) in [5, 5.41) is 8.66. The van der Waals surface area contributed by atoms with Crippen molar-refractivity contribution in [1.29, 1.82) is 5.41 Å². The molecule has 1 aromatic heterocycles. The lowest BCUT2D eigenvalue weighted by Gasteiger charge is -2.40. The summed E-state index contributed by atoms with van der Waals surface area (Å²) >= 11 is 12.8. The van der Waals surface area contributed by atoms with E-state index in [0.717, 1.165) is 56.5 Å². The maximum Gasteiger partial charge on any atom is 0.166 e. The van der Waals surface area contributed by atoms with E-state index in [1.165, 1.54) is 0 Å². The van der Waals surface area contributed by atoms with Crippen molar-refractivity contribution in [1.82, 2.24) is 4.98 Å². The molecule has 192 valence electrons. The molecule has 36 heavy (non-hydrogen) atoms. The van der Waals surface area contributed by atoms with E-state index in [9.17, 15) is 4.79 Å². The van der Waals surface area contributed by atoms with Gasteiger partial charge in [0, 0.05) is 47.1 Å². The number of nitrogens with two attached hydrogens (primary N) is 1. The minimum atomic E-state index is 0.0109. The van der Waals surface area contributed by atoms with Crippen molar-refractivity contribution in [3.05, 3.63) is 63.3 Å². The number of Topliss-reactive ketones (excluding diaryl/α,β-unsaturated/α-hetero) is 1. The van der Waals surface area contributed by atoms with Crippen molar-refractivity contribution >= 4 is 46.2 Å². The molecule has 1 saturated carbocycles. The molecule has 4 rings (SSSR count). The first-order valence-electron chi connectivity index (χ1n) is 12.7. The summed E-state index contributed by atoms with van der Waals surface area (Å²) in [6.45, 7) is 4.91. The number of ether oxygens (including phenoxy) is 1. The van der Waals surface area contributed by atoms with Crippen LogP contribution in [-0.4, -0.2) is 41.8 Å². The number of aromatic nitrogens is 1. The lowest BCUT2D eigenvalue weighted by atomic mass is 9.95. The van der Waals surface area contributed by atoms with Gasteiger partial charge < -0.3 is 20.8 Å². The van der Waals surface area contributed by atoms with Crippen LogP contribution in [0.3, 0.4) is 0 Å². The van der Waals surface area contributed by atoms with Crippen molar-refractivity contribution < 1.29 is 9.53 Å². The van der Waals surface area contributed by atoms with Crippen LogP contribution in [0.5, 0.6) is 0 Å². The Kier molecular flexibility index (Phi) is 8.70. The van der Waals surface area contributed by atoms with Crippen LogP contribution >= 0.6 is 23.2 Å². The maximum atomic E-state index is 13.2. The molecule has 1 aromatic carbocycles. The molecule has 0 bridgehead atoms. The Hall–Kier alpha value is -2.41. The molecule has 2 heterocycles. The van der Waals surface area contributed by atoms with Crippen LogP contribution in [0.1, 0.15) is 63.5 Å². The monoisotopic (exact) mass is 528 g/mol. The Bertz CT molecular complexity index is 1120. The number of hydrogen-bond donors (Lipinski definition) is 2.